The molecule has 0 bridgehead atoms. The van der Waals surface area contributed by atoms with Gasteiger partial charge in [-0.05, 0) is 67.9 Å². The Labute approximate surface area is 201 Å². The van der Waals surface area contributed by atoms with E-state index in [-0.39, 0.29) is 0 Å². The summed E-state index contributed by atoms with van der Waals surface area (Å²) in [5.41, 5.74) is 0.694. The Morgan fingerprint density at radius 2 is 1.85 bits per heavy atom. The van der Waals surface area contributed by atoms with E-state index < -0.39 is 11.6 Å². The van der Waals surface area contributed by atoms with Crippen LogP contribution in [0.4, 0.5) is 0 Å². The van der Waals surface area contributed by atoms with E-state index in [1.165, 1.54) is 5.39 Å². The van der Waals surface area contributed by atoms with E-state index in [4.69, 9.17) is 18.9 Å². The maximum atomic E-state index is 11.3. The molecular weight excluding hydrogens is 430 g/mol. The quantitative estimate of drug-likeness (QED) is 0.381. The van der Waals surface area contributed by atoms with Crippen LogP contribution in [0.25, 0.3) is 22.2 Å². The molecule has 1 N–H and O–H groups in total. The van der Waals surface area contributed by atoms with Crippen molar-refractivity contribution in [2.45, 2.75) is 65.1 Å². The summed E-state index contributed by atoms with van der Waals surface area (Å²) in [6, 6.07) is 14.5. The average molecular weight is 466 g/mol. The summed E-state index contributed by atoms with van der Waals surface area (Å²) < 4.78 is 17.9. The second-order valence-corrected chi connectivity index (χ2v) is 9.84. The number of oxazole rings is 1. The van der Waals surface area contributed by atoms with Crippen molar-refractivity contribution < 1.29 is 23.8 Å². The van der Waals surface area contributed by atoms with Crippen LogP contribution in [0, 0.1) is 11.8 Å². The third-order valence-electron chi connectivity index (χ3n) is 6.77. The van der Waals surface area contributed by atoms with Crippen LogP contribution in [0.5, 0.6) is 0 Å². The lowest BCUT2D eigenvalue weighted by Gasteiger charge is -2.31. The molecular formula is C28H35NO5. The van der Waals surface area contributed by atoms with Gasteiger partial charge in [0.25, 0.3) is 0 Å². The molecule has 6 heteroatoms. The van der Waals surface area contributed by atoms with Gasteiger partial charge in [0.05, 0.1) is 13.2 Å². The molecule has 1 aliphatic rings. The van der Waals surface area contributed by atoms with Gasteiger partial charge in [-0.1, -0.05) is 43.7 Å². The molecule has 2 atom stereocenters. The fourth-order valence-corrected chi connectivity index (χ4v) is 4.63. The van der Waals surface area contributed by atoms with Crippen LogP contribution < -0.4 is 0 Å². The van der Waals surface area contributed by atoms with Gasteiger partial charge < -0.3 is 19.0 Å². The van der Waals surface area contributed by atoms with Crippen molar-refractivity contribution in [3.8, 4) is 11.5 Å². The zero-order valence-electron chi connectivity index (χ0n) is 20.4. The van der Waals surface area contributed by atoms with Crippen molar-refractivity contribution in [1.29, 1.82) is 0 Å². The van der Waals surface area contributed by atoms with E-state index >= 15 is 0 Å². The minimum Gasteiger partial charge on any atom is -0.479 e. The molecule has 6 nitrogen and oxygen atoms in total. The normalized spacial score (nSPS) is 18.9. The molecule has 0 aliphatic heterocycles. The van der Waals surface area contributed by atoms with Crippen LogP contribution >= 0.6 is 0 Å². The summed E-state index contributed by atoms with van der Waals surface area (Å²) in [7, 11) is 0. The van der Waals surface area contributed by atoms with E-state index in [0.717, 1.165) is 54.5 Å². The Kier molecular flexibility index (Phi) is 7.69. The summed E-state index contributed by atoms with van der Waals surface area (Å²) in [4.78, 5) is 16.0. The average Bonchev–Trinajstić information content (AvgIpc) is 3.26. The van der Waals surface area contributed by atoms with Crippen LogP contribution in [-0.2, 0) is 27.3 Å². The standard InChI is InChI=1S/C28H35NO5/c1-4-25-24(29-26(34-25)23-13-12-21-10-5-6-11-22(21)15-23)18-32-16-19-8-7-9-20(14-19)17-33-28(2,3)27(30)31/h5-6,10-13,15,19-20H,4,7-9,14,16-18H2,1-3H3,(H,30,31)/t19-,20+/m0/s1. The maximum Gasteiger partial charge on any atom is 0.335 e. The molecule has 34 heavy (non-hydrogen) atoms. The van der Waals surface area contributed by atoms with E-state index in [0.29, 0.717) is 37.5 Å². The van der Waals surface area contributed by atoms with Gasteiger partial charge in [-0.3, -0.25) is 0 Å². The third kappa shape index (κ3) is 5.86. The van der Waals surface area contributed by atoms with Gasteiger partial charge in [0.2, 0.25) is 5.89 Å². The highest BCUT2D eigenvalue weighted by atomic mass is 16.5. The van der Waals surface area contributed by atoms with Gasteiger partial charge in [0.1, 0.15) is 11.5 Å². The summed E-state index contributed by atoms with van der Waals surface area (Å²) >= 11 is 0. The summed E-state index contributed by atoms with van der Waals surface area (Å²) in [5, 5.41) is 11.6. The Morgan fingerprint density at radius 3 is 2.59 bits per heavy atom. The fourth-order valence-electron chi connectivity index (χ4n) is 4.63. The van der Waals surface area contributed by atoms with Crippen LogP contribution in [-0.4, -0.2) is 34.9 Å². The molecule has 1 fully saturated rings. The van der Waals surface area contributed by atoms with Gasteiger partial charge in [0.15, 0.2) is 5.60 Å². The Bertz CT molecular complexity index is 1120. The number of aryl methyl sites for hydroxylation is 1. The number of fused-ring (bicyclic) bond motifs is 1. The van der Waals surface area contributed by atoms with E-state index in [9.17, 15) is 9.90 Å². The van der Waals surface area contributed by atoms with Crippen molar-refractivity contribution in [1.82, 2.24) is 4.98 Å². The molecule has 2 aromatic carbocycles. The van der Waals surface area contributed by atoms with Gasteiger partial charge in [-0.25, -0.2) is 9.78 Å². The molecule has 0 spiro atoms. The van der Waals surface area contributed by atoms with Crippen LogP contribution in [0.3, 0.4) is 0 Å². The highest BCUT2D eigenvalue weighted by Gasteiger charge is 2.30. The predicted molar refractivity (Wildman–Crippen MR) is 132 cm³/mol. The Balaban J connectivity index is 1.33. The van der Waals surface area contributed by atoms with Crippen molar-refractivity contribution in [2.24, 2.45) is 11.8 Å². The smallest absolute Gasteiger partial charge is 0.335 e. The SMILES string of the molecule is CCc1oc(-c2ccc3ccccc3c2)nc1COC[C@H]1CCC[C@@H](COC(C)(C)C(=O)O)C1. The number of hydrogen-bond donors (Lipinski definition) is 1. The van der Waals surface area contributed by atoms with Crippen molar-refractivity contribution in [2.75, 3.05) is 13.2 Å². The Hall–Kier alpha value is -2.70. The zero-order chi connectivity index (χ0) is 24.1. The van der Waals surface area contributed by atoms with Gasteiger partial charge in [-0.15, -0.1) is 0 Å². The summed E-state index contributed by atoms with van der Waals surface area (Å²) in [6.07, 6.45) is 5.08. The topological polar surface area (TPSA) is 81.8 Å². The number of carbonyl (C=O) groups is 1. The first kappa shape index (κ1) is 24.4. The molecule has 0 amide bonds. The number of carboxylic acid groups (broad SMARTS) is 1. The minimum atomic E-state index is -1.14. The van der Waals surface area contributed by atoms with Gasteiger partial charge in [0, 0.05) is 18.6 Å². The van der Waals surface area contributed by atoms with Crippen molar-refractivity contribution in [3.05, 3.63) is 53.9 Å². The van der Waals surface area contributed by atoms with Crippen LogP contribution in [0.1, 0.15) is 57.9 Å². The Morgan fingerprint density at radius 1 is 1.12 bits per heavy atom. The second-order valence-electron chi connectivity index (χ2n) is 9.84. The predicted octanol–water partition coefficient (Wildman–Crippen LogP) is 6.26. The number of aromatic nitrogens is 1. The molecule has 0 radical (unpaired) electrons. The van der Waals surface area contributed by atoms with Gasteiger partial charge >= 0.3 is 5.97 Å². The van der Waals surface area contributed by atoms with Crippen LogP contribution in [0.15, 0.2) is 46.9 Å². The molecule has 3 aromatic rings. The lowest BCUT2D eigenvalue weighted by molar-refractivity contribution is -0.163. The molecule has 1 aliphatic carbocycles. The van der Waals surface area contributed by atoms with Gasteiger partial charge in [-0.2, -0.15) is 0 Å². The van der Waals surface area contributed by atoms with E-state index in [1.54, 1.807) is 13.8 Å². The number of benzene rings is 2. The largest absolute Gasteiger partial charge is 0.479 e. The zero-order valence-corrected chi connectivity index (χ0v) is 20.4. The highest BCUT2D eigenvalue weighted by Crippen LogP contribution is 2.31. The number of aliphatic carboxylic acids is 1. The molecule has 4 rings (SSSR count). The summed E-state index contributed by atoms with van der Waals surface area (Å²) in [5.74, 6) is 1.41. The van der Waals surface area contributed by atoms with E-state index in [2.05, 4.69) is 31.2 Å². The third-order valence-corrected chi connectivity index (χ3v) is 6.77. The number of rotatable bonds is 10. The number of ether oxygens (including phenoxy) is 2. The fraction of sp³-hybridized carbons (Fsp3) is 0.500. The molecule has 0 unspecified atom stereocenters. The first-order valence-electron chi connectivity index (χ1n) is 12.3. The molecule has 182 valence electrons. The minimum absolute atomic E-state index is 0.374. The molecule has 0 saturated heterocycles. The molecule has 1 heterocycles. The van der Waals surface area contributed by atoms with Crippen LogP contribution in [0.2, 0.25) is 0 Å². The monoisotopic (exact) mass is 465 g/mol. The lowest BCUT2D eigenvalue weighted by atomic mass is 9.82. The highest BCUT2D eigenvalue weighted by molar-refractivity contribution is 5.86. The number of nitrogens with zero attached hydrogens (tertiary/aromatic N) is 1. The van der Waals surface area contributed by atoms with E-state index in [1.807, 2.05) is 18.2 Å². The summed E-state index contributed by atoms with van der Waals surface area (Å²) in [6.45, 7) is 6.86. The first-order chi connectivity index (χ1) is 16.4. The maximum absolute atomic E-state index is 11.3. The van der Waals surface area contributed by atoms with Crippen molar-refractivity contribution in [3.63, 3.8) is 0 Å². The molecule has 1 aromatic heterocycles. The lowest BCUT2D eigenvalue weighted by Crippen LogP contribution is -2.37. The second kappa shape index (κ2) is 10.7. The number of hydrogen-bond acceptors (Lipinski definition) is 5. The molecule has 1 saturated carbocycles. The first-order valence-corrected chi connectivity index (χ1v) is 12.3. The van der Waals surface area contributed by atoms with Crippen molar-refractivity contribution >= 4 is 16.7 Å². The number of carboxylic acids is 1.